The monoisotopic (exact) mass is 1100 g/mol. The SMILES string of the molecule is CC(CO)(CO)C(=O)O.CCCCCCCCCCCCCCCCCC(=O)C(=O)O.CCCCCCCCCCCCCCCCCCO.CCCCCCCCCCCCCCCCCCOC(=O)C(C)(CO)CO. The van der Waals surface area contributed by atoms with Crippen LogP contribution >= 0.6 is 0 Å². The van der Waals surface area contributed by atoms with Gasteiger partial charge in [-0.3, -0.25) is 14.4 Å². The lowest BCUT2D eigenvalue weighted by Gasteiger charge is -2.22. The Balaban J connectivity index is -0.000000485. The van der Waals surface area contributed by atoms with Crippen LogP contribution in [0.2, 0.25) is 0 Å². The summed E-state index contributed by atoms with van der Waals surface area (Å²) in [5, 5.41) is 60.5. The molecule has 0 radical (unpaired) electrons. The summed E-state index contributed by atoms with van der Waals surface area (Å²) in [7, 11) is 0. The summed E-state index contributed by atoms with van der Waals surface area (Å²) in [6.07, 6.45) is 62.6. The molecular formula is C65H130O12. The van der Waals surface area contributed by atoms with Gasteiger partial charge in [-0.25, -0.2) is 4.79 Å². The van der Waals surface area contributed by atoms with Gasteiger partial charge in [0.1, 0.15) is 10.8 Å². The van der Waals surface area contributed by atoms with Crippen molar-refractivity contribution in [3.8, 4) is 0 Å². The molecule has 0 bridgehead atoms. The van der Waals surface area contributed by atoms with E-state index in [1.165, 1.54) is 277 Å². The second kappa shape index (κ2) is 66.4. The number of ketones is 1. The molecule has 0 aromatic carbocycles. The second-order valence-corrected chi connectivity index (χ2v) is 23.0. The van der Waals surface area contributed by atoms with Gasteiger partial charge in [0.15, 0.2) is 0 Å². The molecule has 462 valence electrons. The summed E-state index contributed by atoms with van der Waals surface area (Å²) in [5.41, 5.74) is -2.56. The van der Waals surface area contributed by atoms with Crippen LogP contribution in [-0.4, -0.2) is 99.1 Å². The molecule has 0 heterocycles. The Hall–Kier alpha value is -2.12. The predicted octanol–water partition coefficient (Wildman–Crippen LogP) is 17.0. The largest absolute Gasteiger partial charge is 0.481 e. The van der Waals surface area contributed by atoms with Crippen LogP contribution in [0.1, 0.15) is 343 Å². The number of aliphatic hydroxyl groups is 5. The van der Waals surface area contributed by atoms with Crippen LogP contribution in [0.25, 0.3) is 0 Å². The fourth-order valence-corrected chi connectivity index (χ4v) is 8.78. The molecule has 12 heteroatoms. The molecule has 12 nitrogen and oxygen atoms in total. The van der Waals surface area contributed by atoms with E-state index in [1.54, 1.807) is 0 Å². The minimum Gasteiger partial charge on any atom is -0.481 e. The standard InChI is InChI=1S/C23H46O4.C19H36O3.C18H38O.C5H10O4/c1-3-4-5-6-7-8-9-10-11-12-13-14-15-16-17-18-19-27-22(26)23(2,20-24)21-25;1-2-3-4-5-6-7-8-9-10-11-12-13-14-15-16-17-18(20)19(21)22;1-2-3-4-5-6-7-8-9-10-11-12-13-14-15-16-17-18-19;1-5(2-6,3-7)4(8)9/h24-25H,3-21H2,1-2H3;2-17H2,1H3,(H,21,22);19H,2-18H2,1H3;6-7H,2-3H2,1H3,(H,8,9). The average molecular weight is 1100 g/mol. The zero-order valence-corrected chi connectivity index (χ0v) is 51.4. The first-order chi connectivity index (χ1) is 37.3. The molecule has 0 atom stereocenters. The van der Waals surface area contributed by atoms with Crippen molar-refractivity contribution in [2.75, 3.05) is 39.6 Å². The molecule has 77 heavy (non-hydrogen) atoms. The van der Waals surface area contributed by atoms with Crippen molar-refractivity contribution < 1.29 is 59.7 Å². The molecule has 0 saturated heterocycles. The van der Waals surface area contributed by atoms with Crippen molar-refractivity contribution in [3.05, 3.63) is 0 Å². The minimum absolute atomic E-state index is 0.202. The van der Waals surface area contributed by atoms with Crippen molar-refractivity contribution in [3.63, 3.8) is 0 Å². The van der Waals surface area contributed by atoms with Crippen molar-refractivity contribution in [1.82, 2.24) is 0 Å². The number of rotatable bonds is 56. The minimum atomic E-state index is -1.39. The van der Waals surface area contributed by atoms with E-state index >= 15 is 0 Å². The van der Waals surface area contributed by atoms with Crippen molar-refractivity contribution in [1.29, 1.82) is 0 Å². The molecule has 0 amide bonds. The Kier molecular flexibility index (Phi) is 70.1. The van der Waals surface area contributed by atoms with Gasteiger partial charge in [-0.1, -0.05) is 303 Å². The van der Waals surface area contributed by atoms with Crippen molar-refractivity contribution >= 4 is 23.7 Å². The van der Waals surface area contributed by atoms with Gasteiger partial charge >= 0.3 is 17.9 Å². The Morgan fingerprint density at radius 3 is 0.727 bits per heavy atom. The van der Waals surface area contributed by atoms with Crippen LogP contribution in [0, 0.1) is 10.8 Å². The zero-order valence-electron chi connectivity index (χ0n) is 51.4. The molecular weight excluding hydrogens is 973 g/mol. The third-order valence-electron chi connectivity index (χ3n) is 14.9. The number of hydrogen-bond acceptors (Lipinski definition) is 10. The highest BCUT2D eigenvalue weighted by molar-refractivity contribution is 6.32. The Labute approximate surface area is 474 Å². The fraction of sp³-hybridized carbons (Fsp3) is 0.938. The van der Waals surface area contributed by atoms with E-state index < -0.39 is 47.7 Å². The van der Waals surface area contributed by atoms with Crippen LogP contribution in [-0.2, 0) is 23.9 Å². The number of carbonyl (C=O) groups excluding carboxylic acids is 2. The lowest BCUT2D eigenvalue weighted by atomic mass is 9.93. The second-order valence-electron chi connectivity index (χ2n) is 23.0. The van der Waals surface area contributed by atoms with Crippen LogP contribution < -0.4 is 0 Å². The van der Waals surface area contributed by atoms with Gasteiger partial charge in [-0.15, -0.1) is 0 Å². The number of unbranched alkanes of at least 4 members (excludes halogenated alkanes) is 44. The Morgan fingerprint density at radius 2 is 0.532 bits per heavy atom. The van der Waals surface area contributed by atoms with Crippen LogP contribution in [0.4, 0.5) is 0 Å². The van der Waals surface area contributed by atoms with Gasteiger partial charge in [-0.2, -0.15) is 0 Å². The molecule has 0 rings (SSSR count). The molecule has 0 saturated carbocycles. The van der Waals surface area contributed by atoms with Gasteiger partial charge in [0.25, 0.3) is 0 Å². The number of carboxylic acids is 2. The number of carbonyl (C=O) groups is 4. The van der Waals surface area contributed by atoms with E-state index in [1.807, 2.05) is 0 Å². The molecule has 0 spiro atoms. The van der Waals surface area contributed by atoms with E-state index in [-0.39, 0.29) is 19.6 Å². The maximum Gasteiger partial charge on any atom is 0.372 e. The Bertz CT molecular complexity index is 1190. The van der Waals surface area contributed by atoms with Gasteiger partial charge < -0.3 is 40.5 Å². The lowest BCUT2D eigenvalue weighted by molar-refractivity contribution is -0.160. The van der Waals surface area contributed by atoms with E-state index in [9.17, 15) is 19.2 Å². The smallest absolute Gasteiger partial charge is 0.372 e. The quantitative estimate of drug-likeness (QED) is 0.0172. The third-order valence-corrected chi connectivity index (χ3v) is 14.9. The normalized spacial score (nSPS) is 11.2. The Morgan fingerprint density at radius 1 is 0.312 bits per heavy atom. The highest BCUT2D eigenvalue weighted by atomic mass is 16.5. The maximum atomic E-state index is 11.7. The number of esters is 1. The molecule has 0 aromatic rings. The summed E-state index contributed by atoms with van der Waals surface area (Å²) in [6, 6.07) is 0. The number of Topliss-reactive ketones (excluding diaryl/α,β-unsaturated/α-hetero) is 1. The summed E-state index contributed by atoms with van der Waals surface area (Å²) in [5.74, 6) is -3.62. The van der Waals surface area contributed by atoms with Crippen molar-refractivity contribution in [2.24, 2.45) is 10.8 Å². The van der Waals surface area contributed by atoms with E-state index in [0.29, 0.717) is 13.2 Å². The summed E-state index contributed by atoms with van der Waals surface area (Å²) in [6.45, 7) is 8.50. The van der Waals surface area contributed by atoms with Crippen LogP contribution in [0.15, 0.2) is 0 Å². The highest BCUT2D eigenvalue weighted by Crippen LogP contribution is 2.19. The maximum absolute atomic E-state index is 11.7. The molecule has 0 aromatic heterocycles. The average Bonchev–Trinajstić information content (AvgIpc) is 3.43. The fourth-order valence-electron chi connectivity index (χ4n) is 8.78. The first-order valence-corrected chi connectivity index (χ1v) is 32.5. The summed E-state index contributed by atoms with van der Waals surface area (Å²) >= 11 is 0. The summed E-state index contributed by atoms with van der Waals surface area (Å²) < 4.78 is 5.15. The molecule has 0 aliphatic heterocycles. The zero-order chi connectivity index (χ0) is 58.2. The van der Waals surface area contributed by atoms with Crippen LogP contribution in [0.5, 0.6) is 0 Å². The highest BCUT2D eigenvalue weighted by Gasteiger charge is 2.33. The van der Waals surface area contributed by atoms with Crippen LogP contribution in [0.3, 0.4) is 0 Å². The lowest BCUT2D eigenvalue weighted by Crippen LogP contribution is -2.37. The van der Waals surface area contributed by atoms with E-state index in [4.69, 9.17) is 40.5 Å². The molecule has 0 aliphatic carbocycles. The number of ether oxygens (including phenoxy) is 1. The van der Waals surface area contributed by atoms with Gasteiger partial charge in [0.05, 0.1) is 33.0 Å². The number of carboxylic acid groups (broad SMARTS) is 2. The molecule has 0 fully saturated rings. The number of aliphatic carboxylic acids is 2. The van der Waals surface area contributed by atoms with Crippen molar-refractivity contribution in [2.45, 2.75) is 343 Å². The van der Waals surface area contributed by atoms with Gasteiger partial charge in [0, 0.05) is 13.0 Å². The summed E-state index contributed by atoms with van der Waals surface area (Å²) in [4.78, 5) is 43.1. The number of hydrogen-bond donors (Lipinski definition) is 7. The number of aliphatic hydroxyl groups excluding tert-OH is 5. The van der Waals surface area contributed by atoms with E-state index in [0.717, 1.165) is 38.5 Å². The predicted molar refractivity (Wildman–Crippen MR) is 322 cm³/mol. The molecule has 0 unspecified atom stereocenters. The molecule has 7 N–H and O–H groups in total. The van der Waals surface area contributed by atoms with E-state index in [2.05, 4.69) is 20.8 Å². The molecule has 0 aliphatic rings. The first-order valence-electron chi connectivity index (χ1n) is 32.5. The van der Waals surface area contributed by atoms with Gasteiger partial charge in [-0.05, 0) is 33.1 Å². The van der Waals surface area contributed by atoms with Gasteiger partial charge in [0.2, 0.25) is 5.78 Å². The topological polar surface area (TPSA) is 219 Å². The third kappa shape index (κ3) is 62.9. The first kappa shape index (κ1) is 81.4.